The molecule has 2 aromatic rings. The Bertz CT molecular complexity index is 893. The highest BCUT2D eigenvalue weighted by Gasteiger charge is 2.38. The van der Waals surface area contributed by atoms with E-state index in [1.807, 2.05) is 17.8 Å². The maximum atomic E-state index is 10.7. The number of nitrogens with zero attached hydrogens (tertiary/aromatic N) is 1. The minimum atomic E-state index is -0.422. The average molecular weight is 402 g/mol. The Kier molecular flexibility index (Phi) is 5.18. The van der Waals surface area contributed by atoms with Crippen LogP contribution in [-0.2, 0) is 5.41 Å². The Labute approximate surface area is 169 Å². The first-order valence-electron chi connectivity index (χ1n) is 8.72. The van der Waals surface area contributed by atoms with Crippen LogP contribution in [0.15, 0.2) is 47.4 Å². The lowest BCUT2D eigenvalue weighted by Crippen LogP contribution is -2.33. The summed E-state index contributed by atoms with van der Waals surface area (Å²) in [4.78, 5) is 11.6. The first-order chi connectivity index (χ1) is 12.6. The number of thiocarbonyl (C=S) groups is 1. The Morgan fingerprint density at radius 2 is 1.67 bits per heavy atom. The van der Waals surface area contributed by atoms with Crippen LogP contribution in [0.5, 0.6) is 0 Å². The van der Waals surface area contributed by atoms with Gasteiger partial charge in [0.25, 0.3) is 5.69 Å². The monoisotopic (exact) mass is 401 g/mol. The number of hydrogen-bond donors (Lipinski definition) is 2. The number of fused-ring (bicyclic) bond motifs is 1. The van der Waals surface area contributed by atoms with E-state index in [0.29, 0.717) is 10.8 Å². The van der Waals surface area contributed by atoms with Crippen LogP contribution in [0.2, 0.25) is 0 Å². The number of nitro benzene ring substituents is 1. The molecule has 2 aromatic carbocycles. The summed E-state index contributed by atoms with van der Waals surface area (Å²) < 4.78 is 0.220. The van der Waals surface area contributed by atoms with Crippen LogP contribution in [0, 0.1) is 10.1 Å². The van der Waals surface area contributed by atoms with Crippen molar-refractivity contribution in [1.29, 1.82) is 0 Å². The van der Waals surface area contributed by atoms with Gasteiger partial charge in [-0.2, -0.15) is 0 Å². The zero-order valence-corrected chi connectivity index (χ0v) is 17.5. The molecule has 0 aliphatic carbocycles. The summed E-state index contributed by atoms with van der Waals surface area (Å²) in [5, 5.41) is 17.5. The molecule has 0 amide bonds. The lowest BCUT2D eigenvalue weighted by Gasteiger charge is -2.41. The van der Waals surface area contributed by atoms with Crippen LogP contribution in [0.25, 0.3) is 0 Å². The zero-order valence-electron chi connectivity index (χ0n) is 15.8. The van der Waals surface area contributed by atoms with Gasteiger partial charge in [0.2, 0.25) is 0 Å². The summed E-state index contributed by atoms with van der Waals surface area (Å²) in [6, 6.07) is 12.5. The molecule has 1 heterocycles. The van der Waals surface area contributed by atoms with Gasteiger partial charge in [0.05, 0.1) is 4.92 Å². The van der Waals surface area contributed by atoms with E-state index < -0.39 is 4.92 Å². The largest absolute Gasteiger partial charge is 0.332 e. The third-order valence-corrected chi connectivity index (χ3v) is 6.03. The van der Waals surface area contributed by atoms with Gasteiger partial charge in [-0.1, -0.05) is 27.7 Å². The molecule has 0 bridgehead atoms. The maximum absolute atomic E-state index is 10.7. The van der Waals surface area contributed by atoms with E-state index in [4.69, 9.17) is 12.2 Å². The molecule has 0 saturated carbocycles. The summed E-state index contributed by atoms with van der Waals surface area (Å²) in [5.74, 6) is 0. The minimum Gasteiger partial charge on any atom is -0.332 e. The quantitative estimate of drug-likeness (QED) is 0.376. The van der Waals surface area contributed by atoms with Gasteiger partial charge in [-0.25, -0.2) is 0 Å². The molecule has 7 heteroatoms. The smallest absolute Gasteiger partial charge is 0.269 e. The lowest BCUT2D eigenvalue weighted by molar-refractivity contribution is -0.384. The van der Waals surface area contributed by atoms with Crippen molar-refractivity contribution in [3.8, 4) is 0 Å². The molecule has 142 valence electrons. The standard InChI is InChI=1S/C20H23N3O2S2/c1-19(2)12-20(3,4)27-17-10-7-14(11-16(17)19)22-18(26)21-13-5-8-15(9-6-13)23(24)25/h5-11H,12H2,1-4H3,(H2,21,22,26). The first-order valence-corrected chi connectivity index (χ1v) is 9.94. The van der Waals surface area contributed by atoms with Gasteiger partial charge in [0, 0.05) is 33.2 Å². The summed E-state index contributed by atoms with van der Waals surface area (Å²) >= 11 is 7.31. The van der Waals surface area contributed by atoms with Crippen molar-refractivity contribution >= 4 is 46.2 Å². The molecule has 0 spiro atoms. The van der Waals surface area contributed by atoms with Crippen LogP contribution >= 0.6 is 24.0 Å². The number of rotatable bonds is 3. The van der Waals surface area contributed by atoms with Crippen molar-refractivity contribution in [3.05, 3.63) is 58.1 Å². The van der Waals surface area contributed by atoms with Crippen molar-refractivity contribution in [2.24, 2.45) is 0 Å². The van der Waals surface area contributed by atoms with Crippen molar-refractivity contribution in [2.75, 3.05) is 10.6 Å². The SMILES string of the molecule is CC1(C)CC(C)(C)c2cc(NC(=S)Nc3ccc([N+](=O)[O-])cc3)ccc2S1. The normalized spacial score (nSPS) is 16.9. The fourth-order valence-electron chi connectivity index (χ4n) is 3.68. The van der Waals surface area contributed by atoms with Gasteiger partial charge in [-0.15, -0.1) is 11.8 Å². The fourth-order valence-corrected chi connectivity index (χ4v) is 5.52. The number of anilines is 2. The number of nitrogens with one attached hydrogen (secondary N) is 2. The summed E-state index contributed by atoms with van der Waals surface area (Å²) in [7, 11) is 0. The molecule has 0 atom stereocenters. The molecule has 0 radical (unpaired) electrons. The molecule has 0 aromatic heterocycles. The van der Waals surface area contributed by atoms with Gasteiger partial charge >= 0.3 is 0 Å². The van der Waals surface area contributed by atoms with E-state index in [0.717, 1.165) is 12.1 Å². The predicted molar refractivity (Wildman–Crippen MR) is 117 cm³/mol. The zero-order chi connectivity index (χ0) is 19.8. The highest BCUT2D eigenvalue weighted by Crippen LogP contribution is 2.51. The molecular weight excluding hydrogens is 378 g/mol. The van der Waals surface area contributed by atoms with E-state index in [9.17, 15) is 10.1 Å². The summed E-state index contributed by atoms with van der Waals surface area (Å²) in [5.41, 5.74) is 3.11. The molecule has 1 aliphatic rings. The Balaban J connectivity index is 1.73. The predicted octanol–water partition coefficient (Wildman–Crippen LogP) is 5.96. The molecule has 0 unspecified atom stereocenters. The van der Waals surface area contributed by atoms with Crippen molar-refractivity contribution in [2.45, 2.75) is 49.2 Å². The summed E-state index contributed by atoms with van der Waals surface area (Å²) in [6.07, 6.45) is 1.10. The molecule has 27 heavy (non-hydrogen) atoms. The van der Waals surface area contributed by atoms with E-state index >= 15 is 0 Å². The van der Waals surface area contributed by atoms with Gasteiger partial charge in [-0.05, 0) is 59.9 Å². The van der Waals surface area contributed by atoms with E-state index in [1.54, 1.807) is 12.1 Å². The van der Waals surface area contributed by atoms with Crippen molar-refractivity contribution in [1.82, 2.24) is 0 Å². The topological polar surface area (TPSA) is 67.2 Å². The Morgan fingerprint density at radius 3 is 2.30 bits per heavy atom. The minimum absolute atomic E-state index is 0.0526. The van der Waals surface area contributed by atoms with Crippen LogP contribution in [0.4, 0.5) is 17.1 Å². The third kappa shape index (κ3) is 4.59. The van der Waals surface area contributed by atoms with Crippen molar-refractivity contribution in [3.63, 3.8) is 0 Å². The second-order valence-electron chi connectivity index (χ2n) is 8.02. The molecule has 2 N–H and O–H groups in total. The van der Waals surface area contributed by atoms with Crippen LogP contribution in [0.3, 0.4) is 0 Å². The van der Waals surface area contributed by atoms with Gasteiger partial charge < -0.3 is 10.6 Å². The number of hydrogen-bond acceptors (Lipinski definition) is 4. The van der Waals surface area contributed by atoms with Crippen LogP contribution < -0.4 is 10.6 Å². The summed E-state index contributed by atoms with van der Waals surface area (Å²) in [6.45, 7) is 9.14. The van der Waals surface area contributed by atoms with E-state index in [-0.39, 0.29) is 15.8 Å². The highest BCUT2D eigenvalue weighted by molar-refractivity contribution is 8.00. The van der Waals surface area contributed by atoms with Crippen molar-refractivity contribution < 1.29 is 4.92 Å². The van der Waals surface area contributed by atoms with Crippen LogP contribution in [-0.4, -0.2) is 14.8 Å². The van der Waals surface area contributed by atoms with E-state index in [2.05, 4.69) is 50.5 Å². The second-order valence-corrected chi connectivity index (χ2v) is 10.2. The fraction of sp³-hybridized carbons (Fsp3) is 0.350. The third-order valence-electron chi connectivity index (χ3n) is 4.56. The van der Waals surface area contributed by atoms with Gasteiger partial charge in [0.1, 0.15) is 0 Å². The Hall–Kier alpha value is -2.12. The number of benzene rings is 2. The van der Waals surface area contributed by atoms with Gasteiger partial charge in [-0.3, -0.25) is 10.1 Å². The van der Waals surface area contributed by atoms with Crippen LogP contribution in [0.1, 0.15) is 39.7 Å². The average Bonchev–Trinajstić information content (AvgIpc) is 2.54. The molecule has 3 rings (SSSR count). The molecule has 1 aliphatic heterocycles. The lowest BCUT2D eigenvalue weighted by atomic mass is 9.77. The number of nitro groups is 1. The maximum Gasteiger partial charge on any atom is 0.269 e. The molecule has 0 fully saturated rings. The first kappa shape index (κ1) is 19.6. The molecule has 0 saturated heterocycles. The number of thioether (sulfide) groups is 1. The highest BCUT2D eigenvalue weighted by atomic mass is 32.2. The van der Waals surface area contributed by atoms with E-state index in [1.165, 1.54) is 22.6 Å². The number of non-ortho nitro benzene ring substituents is 1. The second kappa shape index (κ2) is 7.13. The van der Waals surface area contributed by atoms with Gasteiger partial charge in [0.15, 0.2) is 5.11 Å². The molecular formula is C20H23N3O2S2. The molecule has 5 nitrogen and oxygen atoms in total. The Morgan fingerprint density at radius 1 is 1.07 bits per heavy atom.